The fourth-order valence-corrected chi connectivity index (χ4v) is 6.12. The van der Waals surface area contributed by atoms with E-state index in [-0.39, 0.29) is 10.8 Å². The highest BCUT2D eigenvalue weighted by Gasteiger charge is 2.52. The predicted molar refractivity (Wildman–Crippen MR) is 89.4 cm³/mol. The van der Waals surface area contributed by atoms with Gasteiger partial charge in [0.25, 0.3) is 0 Å². The van der Waals surface area contributed by atoms with E-state index >= 15 is 0 Å². The fraction of sp³-hybridized carbons (Fsp3) is 0.526. The van der Waals surface area contributed by atoms with Gasteiger partial charge in [-0.2, -0.15) is 0 Å². The second-order valence-corrected chi connectivity index (χ2v) is 8.37. The summed E-state index contributed by atoms with van der Waals surface area (Å²) in [7, 11) is 0. The summed E-state index contributed by atoms with van der Waals surface area (Å²) >= 11 is 6.03. The Hall–Kier alpha value is -1.28. The molecule has 4 aliphatic rings. The highest BCUT2D eigenvalue weighted by molar-refractivity contribution is 6.31. The number of nitrogens with one attached hydrogen (secondary N) is 1. The zero-order chi connectivity index (χ0) is 14.9. The summed E-state index contributed by atoms with van der Waals surface area (Å²) in [6, 6.07) is 7.46. The van der Waals surface area contributed by atoms with E-state index < -0.39 is 0 Å². The number of fused-ring (bicyclic) bond motifs is 1. The summed E-state index contributed by atoms with van der Waals surface area (Å²) in [6.07, 6.45) is 8.09. The Bertz CT molecular complexity index is 787. The van der Waals surface area contributed by atoms with Crippen molar-refractivity contribution in [3.63, 3.8) is 0 Å². The first-order valence-electron chi connectivity index (χ1n) is 8.44. The molecular formula is C19H20ClNO. The Labute approximate surface area is 134 Å². The van der Waals surface area contributed by atoms with Crippen LogP contribution in [-0.4, -0.2) is 4.98 Å². The lowest BCUT2D eigenvalue weighted by Gasteiger charge is -2.56. The molecule has 0 spiro atoms. The summed E-state index contributed by atoms with van der Waals surface area (Å²) in [6.45, 7) is 0. The summed E-state index contributed by atoms with van der Waals surface area (Å²) in [4.78, 5) is 16.2. The topological polar surface area (TPSA) is 32.9 Å². The fourth-order valence-electron chi connectivity index (χ4n) is 5.95. The minimum Gasteiger partial charge on any atom is -0.358 e. The number of hydrogen-bond acceptors (Lipinski definition) is 1. The predicted octanol–water partition coefficient (Wildman–Crippen LogP) is 4.65. The van der Waals surface area contributed by atoms with E-state index in [0.717, 1.165) is 23.3 Å². The van der Waals surface area contributed by atoms with E-state index in [1.165, 1.54) is 44.2 Å². The molecule has 0 unspecified atom stereocenters. The Balaban J connectivity index is 1.68. The van der Waals surface area contributed by atoms with Crippen molar-refractivity contribution < 1.29 is 0 Å². The first-order valence-corrected chi connectivity index (χ1v) is 8.82. The van der Waals surface area contributed by atoms with Gasteiger partial charge in [0.2, 0.25) is 0 Å². The van der Waals surface area contributed by atoms with Crippen LogP contribution in [0.5, 0.6) is 0 Å². The number of benzene rings is 1. The third-order valence-electron chi connectivity index (χ3n) is 6.40. The number of halogens is 1. The molecule has 114 valence electrons. The molecule has 4 saturated carbocycles. The average molecular weight is 314 g/mol. The zero-order valence-electron chi connectivity index (χ0n) is 12.6. The largest absolute Gasteiger partial charge is 0.358 e. The maximum Gasteiger partial charge on any atom is 0.189 e. The SMILES string of the molecule is O=c1cc(C23CC4CC(CC(C4)C2)C3)[nH]c2ccc(Cl)cc12. The van der Waals surface area contributed by atoms with Gasteiger partial charge in [-0.3, -0.25) is 4.79 Å². The van der Waals surface area contributed by atoms with Crippen LogP contribution in [0.1, 0.15) is 44.2 Å². The van der Waals surface area contributed by atoms with Gasteiger partial charge in [-0.15, -0.1) is 0 Å². The number of H-pyrrole nitrogens is 1. The lowest BCUT2D eigenvalue weighted by Crippen LogP contribution is -2.49. The molecule has 2 aromatic rings. The molecule has 4 fully saturated rings. The molecule has 0 amide bonds. The van der Waals surface area contributed by atoms with Gasteiger partial charge in [-0.05, 0) is 74.5 Å². The molecule has 22 heavy (non-hydrogen) atoms. The molecular weight excluding hydrogens is 294 g/mol. The number of pyridine rings is 1. The van der Waals surface area contributed by atoms with Crippen LogP contribution in [0.15, 0.2) is 29.1 Å². The van der Waals surface area contributed by atoms with Crippen LogP contribution in [0.2, 0.25) is 5.02 Å². The monoisotopic (exact) mass is 313 g/mol. The summed E-state index contributed by atoms with van der Waals surface area (Å²) in [5.41, 5.74) is 2.47. The molecule has 1 aromatic carbocycles. The number of aromatic amines is 1. The first-order chi connectivity index (χ1) is 10.6. The molecule has 6 rings (SSSR count). The molecule has 1 heterocycles. The van der Waals surface area contributed by atoms with Gasteiger partial charge in [0.1, 0.15) is 0 Å². The van der Waals surface area contributed by atoms with Crippen LogP contribution in [0.3, 0.4) is 0 Å². The van der Waals surface area contributed by atoms with Gasteiger partial charge in [-0.25, -0.2) is 0 Å². The van der Waals surface area contributed by atoms with E-state index in [1.807, 2.05) is 18.2 Å². The van der Waals surface area contributed by atoms with Crippen molar-refractivity contribution in [2.24, 2.45) is 17.8 Å². The molecule has 1 aromatic heterocycles. The van der Waals surface area contributed by atoms with Crippen molar-refractivity contribution in [3.8, 4) is 0 Å². The lowest BCUT2D eigenvalue weighted by atomic mass is 9.49. The molecule has 0 atom stereocenters. The maximum absolute atomic E-state index is 12.6. The molecule has 4 aliphatic carbocycles. The van der Waals surface area contributed by atoms with Crippen LogP contribution >= 0.6 is 11.6 Å². The number of hydrogen-bond donors (Lipinski definition) is 1. The van der Waals surface area contributed by atoms with E-state index in [0.29, 0.717) is 10.4 Å². The normalized spacial score (nSPS) is 36.1. The highest BCUT2D eigenvalue weighted by Crippen LogP contribution is 2.60. The van der Waals surface area contributed by atoms with Crippen LogP contribution in [0.4, 0.5) is 0 Å². The molecule has 0 saturated heterocycles. The van der Waals surface area contributed by atoms with Crippen LogP contribution in [0, 0.1) is 17.8 Å². The first kappa shape index (κ1) is 13.2. The van der Waals surface area contributed by atoms with Gasteiger partial charge in [0.15, 0.2) is 5.43 Å². The quantitative estimate of drug-likeness (QED) is 0.816. The zero-order valence-corrected chi connectivity index (χ0v) is 13.3. The smallest absolute Gasteiger partial charge is 0.189 e. The number of aromatic nitrogens is 1. The third-order valence-corrected chi connectivity index (χ3v) is 6.64. The Morgan fingerprint density at radius 2 is 1.64 bits per heavy atom. The van der Waals surface area contributed by atoms with Crippen molar-refractivity contribution in [2.45, 2.75) is 43.9 Å². The summed E-state index contributed by atoms with van der Waals surface area (Å²) in [5.74, 6) is 2.65. The summed E-state index contributed by atoms with van der Waals surface area (Å²) in [5, 5.41) is 1.33. The van der Waals surface area contributed by atoms with Gasteiger partial charge < -0.3 is 4.98 Å². The molecule has 1 N–H and O–H groups in total. The van der Waals surface area contributed by atoms with Crippen molar-refractivity contribution in [1.29, 1.82) is 0 Å². The lowest BCUT2D eigenvalue weighted by molar-refractivity contribution is -0.00709. The van der Waals surface area contributed by atoms with E-state index in [1.54, 1.807) is 6.07 Å². The van der Waals surface area contributed by atoms with E-state index in [2.05, 4.69) is 4.98 Å². The second-order valence-electron chi connectivity index (χ2n) is 7.94. The Morgan fingerprint density at radius 3 is 2.27 bits per heavy atom. The van der Waals surface area contributed by atoms with Gasteiger partial charge in [0.05, 0.1) is 0 Å². The minimum absolute atomic E-state index is 0.113. The van der Waals surface area contributed by atoms with Crippen molar-refractivity contribution in [3.05, 3.63) is 45.2 Å². The standard InChI is InChI=1S/C19H20ClNO/c20-14-1-2-16-15(6-14)17(22)7-18(21-16)19-8-11-3-12(9-19)5-13(4-11)10-19/h1-2,6-7,11-13H,3-5,8-10H2,(H,21,22). The van der Waals surface area contributed by atoms with E-state index in [9.17, 15) is 4.79 Å². The third kappa shape index (κ3) is 1.83. The van der Waals surface area contributed by atoms with Crippen molar-refractivity contribution in [1.82, 2.24) is 4.98 Å². The van der Waals surface area contributed by atoms with Crippen LogP contribution in [0.25, 0.3) is 10.9 Å². The second kappa shape index (κ2) is 4.38. The molecule has 0 aliphatic heterocycles. The molecule has 3 heteroatoms. The van der Waals surface area contributed by atoms with Crippen LogP contribution in [-0.2, 0) is 5.41 Å². The van der Waals surface area contributed by atoms with Gasteiger partial charge in [-0.1, -0.05) is 11.6 Å². The Kier molecular flexibility index (Phi) is 2.63. The minimum atomic E-state index is 0.113. The van der Waals surface area contributed by atoms with E-state index in [4.69, 9.17) is 11.6 Å². The summed E-state index contributed by atoms with van der Waals surface area (Å²) < 4.78 is 0. The highest BCUT2D eigenvalue weighted by atomic mass is 35.5. The van der Waals surface area contributed by atoms with Crippen molar-refractivity contribution in [2.75, 3.05) is 0 Å². The number of rotatable bonds is 1. The maximum atomic E-state index is 12.6. The van der Waals surface area contributed by atoms with Crippen molar-refractivity contribution >= 4 is 22.5 Å². The Morgan fingerprint density at radius 1 is 1.00 bits per heavy atom. The van der Waals surface area contributed by atoms with Gasteiger partial charge >= 0.3 is 0 Å². The molecule has 2 nitrogen and oxygen atoms in total. The molecule has 0 radical (unpaired) electrons. The molecule has 4 bridgehead atoms. The van der Waals surface area contributed by atoms with Gasteiger partial charge in [0, 0.05) is 33.1 Å². The van der Waals surface area contributed by atoms with Crippen LogP contribution < -0.4 is 5.43 Å². The average Bonchev–Trinajstić information content (AvgIpc) is 2.46.